The number of carbonyl (C=O) groups excluding carboxylic acids is 1. The zero-order valence-corrected chi connectivity index (χ0v) is 18.7. The average molecular weight is 419 g/mol. The Morgan fingerprint density at radius 3 is 2.32 bits per heavy atom. The number of nitrogens with one attached hydrogen (secondary N) is 1. The standard InChI is InChI=1S/C24H30N6O/c1-5-28-12-14-29(15-13-28)21-9-7-20(8-10-21)25-24(31)23-19(4)26-30(27-23)22-11-6-17(2)16-18(22)3/h6-11,16H,5,12-15H2,1-4H3,(H,25,31). The highest BCUT2D eigenvalue weighted by Crippen LogP contribution is 2.21. The molecule has 0 saturated carbocycles. The number of amides is 1. The van der Waals surface area contributed by atoms with Gasteiger partial charge in [-0.05, 0) is 63.2 Å². The number of aryl methyl sites for hydroxylation is 3. The largest absolute Gasteiger partial charge is 0.369 e. The van der Waals surface area contributed by atoms with Crippen molar-refractivity contribution in [2.45, 2.75) is 27.7 Å². The SMILES string of the molecule is CCN1CCN(c2ccc(NC(=O)c3nn(-c4ccc(C)cc4C)nc3C)cc2)CC1. The number of hydrogen-bond acceptors (Lipinski definition) is 5. The Balaban J connectivity index is 1.44. The smallest absolute Gasteiger partial charge is 0.278 e. The molecule has 0 bridgehead atoms. The topological polar surface area (TPSA) is 66.3 Å². The molecule has 0 aliphatic carbocycles. The molecule has 4 rings (SSSR count). The number of aromatic nitrogens is 3. The summed E-state index contributed by atoms with van der Waals surface area (Å²) in [5.41, 5.74) is 5.99. The van der Waals surface area contributed by atoms with Gasteiger partial charge in [-0.1, -0.05) is 24.6 Å². The number of benzene rings is 2. The maximum Gasteiger partial charge on any atom is 0.278 e. The molecule has 1 aliphatic heterocycles. The number of piperazine rings is 1. The summed E-state index contributed by atoms with van der Waals surface area (Å²) in [5.74, 6) is -0.252. The van der Waals surface area contributed by atoms with Crippen molar-refractivity contribution >= 4 is 17.3 Å². The summed E-state index contributed by atoms with van der Waals surface area (Å²) in [6, 6.07) is 14.1. The van der Waals surface area contributed by atoms with Gasteiger partial charge in [0.1, 0.15) is 0 Å². The van der Waals surface area contributed by atoms with Crippen LogP contribution in [0.15, 0.2) is 42.5 Å². The van der Waals surface area contributed by atoms with Crippen LogP contribution in [0.4, 0.5) is 11.4 Å². The van der Waals surface area contributed by atoms with Gasteiger partial charge >= 0.3 is 0 Å². The second-order valence-electron chi connectivity index (χ2n) is 8.14. The van der Waals surface area contributed by atoms with Gasteiger partial charge in [-0.15, -0.1) is 5.10 Å². The van der Waals surface area contributed by atoms with Gasteiger partial charge in [-0.2, -0.15) is 9.90 Å². The molecule has 0 radical (unpaired) electrons. The van der Waals surface area contributed by atoms with Crippen LogP contribution in [0.2, 0.25) is 0 Å². The first kappa shape index (κ1) is 21.1. The van der Waals surface area contributed by atoms with E-state index in [1.165, 1.54) is 16.0 Å². The normalized spacial score (nSPS) is 14.6. The Hall–Kier alpha value is -3.19. The van der Waals surface area contributed by atoms with E-state index in [-0.39, 0.29) is 5.91 Å². The van der Waals surface area contributed by atoms with Crippen molar-refractivity contribution in [3.05, 3.63) is 65.0 Å². The highest BCUT2D eigenvalue weighted by molar-refractivity contribution is 6.03. The minimum absolute atomic E-state index is 0.252. The molecule has 2 aromatic carbocycles. The van der Waals surface area contributed by atoms with E-state index in [1.807, 2.05) is 38.1 Å². The van der Waals surface area contributed by atoms with E-state index < -0.39 is 0 Å². The van der Waals surface area contributed by atoms with Crippen LogP contribution in [-0.2, 0) is 0 Å². The zero-order valence-electron chi connectivity index (χ0n) is 18.7. The molecule has 1 aromatic heterocycles. The number of anilines is 2. The lowest BCUT2D eigenvalue weighted by atomic mass is 10.1. The van der Waals surface area contributed by atoms with Gasteiger partial charge in [0.25, 0.3) is 5.91 Å². The summed E-state index contributed by atoms with van der Waals surface area (Å²) in [6.07, 6.45) is 0. The van der Waals surface area contributed by atoms with E-state index in [2.05, 4.69) is 50.4 Å². The molecule has 1 saturated heterocycles. The van der Waals surface area contributed by atoms with Crippen LogP contribution in [0.1, 0.15) is 34.2 Å². The molecule has 162 valence electrons. The molecule has 1 N–H and O–H groups in total. The molecular weight excluding hydrogens is 388 g/mol. The minimum atomic E-state index is -0.252. The van der Waals surface area contributed by atoms with Crippen molar-refractivity contribution in [1.82, 2.24) is 19.9 Å². The lowest BCUT2D eigenvalue weighted by molar-refractivity contribution is 0.102. The molecule has 1 aliphatic rings. The second-order valence-corrected chi connectivity index (χ2v) is 8.14. The maximum absolute atomic E-state index is 12.8. The van der Waals surface area contributed by atoms with E-state index in [1.54, 1.807) is 6.92 Å². The van der Waals surface area contributed by atoms with Gasteiger partial charge < -0.3 is 15.1 Å². The predicted molar refractivity (Wildman–Crippen MR) is 124 cm³/mol. The Labute approximate surface area is 183 Å². The summed E-state index contributed by atoms with van der Waals surface area (Å²) in [5, 5.41) is 11.9. The van der Waals surface area contributed by atoms with Gasteiger partial charge in [0.2, 0.25) is 0 Å². The summed E-state index contributed by atoms with van der Waals surface area (Å²) in [4.78, 5) is 19.2. The summed E-state index contributed by atoms with van der Waals surface area (Å²) in [7, 11) is 0. The van der Waals surface area contributed by atoms with Gasteiger partial charge in [0.05, 0.1) is 11.4 Å². The quantitative estimate of drug-likeness (QED) is 0.686. The maximum atomic E-state index is 12.8. The van der Waals surface area contributed by atoms with Crippen LogP contribution in [0, 0.1) is 20.8 Å². The molecule has 31 heavy (non-hydrogen) atoms. The van der Waals surface area contributed by atoms with Crippen molar-refractivity contribution in [2.75, 3.05) is 42.9 Å². The number of hydrogen-bond donors (Lipinski definition) is 1. The molecule has 7 heteroatoms. The van der Waals surface area contributed by atoms with Crippen molar-refractivity contribution in [3.8, 4) is 5.69 Å². The highest BCUT2D eigenvalue weighted by atomic mass is 16.2. The van der Waals surface area contributed by atoms with Gasteiger partial charge in [-0.3, -0.25) is 4.79 Å². The second kappa shape index (κ2) is 8.89. The van der Waals surface area contributed by atoms with Crippen molar-refractivity contribution in [3.63, 3.8) is 0 Å². The van der Waals surface area contributed by atoms with E-state index >= 15 is 0 Å². The summed E-state index contributed by atoms with van der Waals surface area (Å²) >= 11 is 0. The van der Waals surface area contributed by atoms with Crippen LogP contribution < -0.4 is 10.2 Å². The fraction of sp³-hybridized carbons (Fsp3) is 0.375. The van der Waals surface area contributed by atoms with Crippen molar-refractivity contribution in [1.29, 1.82) is 0 Å². The van der Waals surface area contributed by atoms with Crippen molar-refractivity contribution < 1.29 is 4.79 Å². The summed E-state index contributed by atoms with van der Waals surface area (Å²) < 4.78 is 0. The van der Waals surface area contributed by atoms with Crippen LogP contribution in [-0.4, -0.2) is 58.5 Å². The number of carbonyl (C=O) groups is 1. The van der Waals surface area contributed by atoms with Crippen LogP contribution in [0.25, 0.3) is 5.69 Å². The molecule has 1 amide bonds. The first-order valence-corrected chi connectivity index (χ1v) is 10.8. The Kier molecular flexibility index (Phi) is 6.04. The minimum Gasteiger partial charge on any atom is -0.369 e. The number of likely N-dealkylation sites (N-methyl/N-ethyl adjacent to an activating group) is 1. The van der Waals surface area contributed by atoms with Gasteiger partial charge in [-0.25, -0.2) is 0 Å². The summed E-state index contributed by atoms with van der Waals surface area (Å²) in [6.45, 7) is 13.4. The Morgan fingerprint density at radius 1 is 0.968 bits per heavy atom. The van der Waals surface area contributed by atoms with E-state index in [0.717, 1.165) is 49.7 Å². The highest BCUT2D eigenvalue weighted by Gasteiger charge is 2.18. The monoisotopic (exact) mass is 418 g/mol. The molecule has 3 aromatic rings. The molecular formula is C24H30N6O. The fourth-order valence-electron chi connectivity index (χ4n) is 3.99. The lowest BCUT2D eigenvalue weighted by Crippen LogP contribution is -2.46. The molecule has 1 fully saturated rings. The zero-order chi connectivity index (χ0) is 22.0. The number of rotatable bonds is 5. The van der Waals surface area contributed by atoms with Crippen LogP contribution in [0.5, 0.6) is 0 Å². The van der Waals surface area contributed by atoms with E-state index in [9.17, 15) is 4.79 Å². The third-order valence-electron chi connectivity index (χ3n) is 5.87. The first-order chi connectivity index (χ1) is 14.9. The molecule has 0 unspecified atom stereocenters. The predicted octanol–water partition coefficient (Wildman–Crippen LogP) is 3.59. The lowest BCUT2D eigenvalue weighted by Gasteiger charge is -2.35. The number of nitrogens with zero attached hydrogens (tertiary/aromatic N) is 5. The Bertz CT molecular complexity index is 1060. The Morgan fingerprint density at radius 2 is 1.68 bits per heavy atom. The van der Waals surface area contributed by atoms with Crippen LogP contribution >= 0.6 is 0 Å². The molecule has 2 heterocycles. The third-order valence-corrected chi connectivity index (χ3v) is 5.87. The van der Waals surface area contributed by atoms with Crippen molar-refractivity contribution in [2.24, 2.45) is 0 Å². The van der Waals surface area contributed by atoms with Gasteiger partial charge in [0.15, 0.2) is 5.69 Å². The fourth-order valence-corrected chi connectivity index (χ4v) is 3.99. The van der Waals surface area contributed by atoms with Gasteiger partial charge in [0, 0.05) is 37.6 Å². The molecule has 0 spiro atoms. The third kappa shape index (κ3) is 4.61. The van der Waals surface area contributed by atoms with E-state index in [0.29, 0.717) is 11.4 Å². The van der Waals surface area contributed by atoms with Crippen LogP contribution in [0.3, 0.4) is 0 Å². The first-order valence-electron chi connectivity index (χ1n) is 10.8. The van der Waals surface area contributed by atoms with E-state index in [4.69, 9.17) is 0 Å². The average Bonchev–Trinajstić information content (AvgIpc) is 3.16. The molecule has 7 nitrogen and oxygen atoms in total. The molecule has 0 atom stereocenters.